The normalized spacial score (nSPS) is 14.2. The van der Waals surface area contributed by atoms with Gasteiger partial charge in [-0.05, 0) is 31.9 Å². The van der Waals surface area contributed by atoms with Gasteiger partial charge in [-0.1, -0.05) is 0 Å². The van der Waals surface area contributed by atoms with Crippen molar-refractivity contribution >= 4 is 11.8 Å². The van der Waals surface area contributed by atoms with Crippen LogP contribution in [0.15, 0.2) is 23.0 Å². The highest BCUT2D eigenvalue weighted by atomic mass is 16.3. The number of piperazine rings is 1. The average Bonchev–Trinajstić information content (AvgIpc) is 3.33. The smallest absolute Gasteiger partial charge is 0.257 e. The van der Waals surface area contributed by atoms with Gasteiger partial charge in [-0.15, -0.1) is 0 Å². The first kappa shape index (κ1) is 19.7. The van der Waals surface area contributed by atoms with Gasteiger partial charge in [-0.25, -0.2) is 0 Å². The Morgan fingerprint density at radius 2 is 1.93 bits per heavy atom. The topological polar surface area (TPSA) is 95.4 Å². The number of nitrogens with zero attached hydrogens (tertiary/aromatic N) is 5. The van der Waals surface area contributed by atoms with Crippen LogP contribution in [0.25, 0.3) is 0 Å². The third-order valence-corrected chi connectivity index (χ3v) is 5.24. The molecule has 3 rings (SSSR count). The van der Waals surface area contributed by atoms with Crippen LogP contribution in [0.3, 0.4) is 0 Å². The van der Waals surface area contributed by atoms with Crippen molar-refractivity contribution < 1.29 is 14.0 Å². The minimum atomic E-state index is -0.0584. The second kappa shape index (κ2) is 8.74. The second-order valence-corrected chi connectivity index (χ2v) is 6.97. The zero-order valence-corrected chi connectivity index (χ0v) is 16.3. The van der Waals surface area contributed by atoms with Crippen LogP contribution in [-0.4, -0.2) is 57.6 Å². The van der Waals surface area contributed by atoms with Crippen molar-refractivity contribution in [2.24, 2.45) is 0 Å². The SMILES string of the molecule is Cc1nn(CCC#N)c(C)c1CCC(=O)N1CCN(C(=O)c2ccoc2)CC1. The van der Waals surface area contributed by atoms with Gasteiger partial charge in [0.15, 0.2) is 0 Å². The molecular weight excluding hydrogens is 358 g/mol. The van der Waals surface area contributed by atoms with Gasteiger partial charge in [-0.3, -0.25) is 14.3 Å². The molecule has 0 unspecified atom stereocenters. The number of amides is 2. The molecule has 1 aliphatic heterocycles. The summed E-state index contributed by atoms with van der Waals surface area (Å²) < 4.78 is 6.81. The van der Waals surface area contributed by atoms with E-state index in [1.807, 2.05) is 23.4 Å². The van der Waals surface area contributed by atoms with Crippen molar-refractivity contribution in [3.8, 4) is 6.07 Å². The van der Waals surface area contributed by atoms with Crippen LogP contribution in [0, 0.1) is 25.2 Å². The van der Waals surface area contributed by atoms with Crippen molar-refractivity contribution in [3.63, 3.8) is 0 Å². The van der Waals surface area contributed by atoms with E-state index in [1.165, 1.54) is 12.5 Å². The maximum absolute atomic E-state index is 12.6. The van der Waals surface area contributed by atoms with Gasteiger partial charge in [0.2, 0.25) is 5.91 Å². The van der Waals surface area contributed by atoms with E-state index in [0.29, 0.717) is 57.5 Å². The predicted molar refractivity (Wildman–Crippen MR) is 101 cm³/mol. The van der Waals surface area contributed by atoms with Crippen molar-refractivity contribution in [2.75, 3.05) is 26.2 Å². The highest BCUT2D eigenvalue weighted by molar-refractivity contribution is 5.94. The number of rotatable bonds is 6. The molecule has 8 heteroatoms. The summed E-state index contributed by atoms with van der Waals surface area (Å²) in [7, 11) is 0. The molecule has 1 fully saturated rings. The predicted octanol–water partition coefficient (Wildman–Crippen LogP) is 1.92. The Bertz CT molecular complexity index is 871. The summed E-state index contributed by atoms with van der Waals surface area (Å²) in [5.74, 6) is 0.0378. The van der Waals surface area contributed by atoms with Gasteiger partial charge in [-0.2, -0.15) is 10.4 Å². The van der Waals surface area contributed by atoms with Crippen molar-refractivity contribution in [1.29, 1.82) is 5.26 Å². The lowest BCUT2D eigenvalue weighted by Crippen LogP contribution is -2.50. The van der Waals surface area contributed by atoms with Gasteiger partial charge in [0.25, 0.3) is 5.91 Å². The molecule has 0 N–H and O–H groups in total. The van der Waals surface area contributed by atoms with Crippen LogP contribution in [0.4, 0.5) is 0 Å². The molecule has 0 spiro atoms. The first-order valence-corrected chi connectivity index (χ1v) is 9.50. The lowest BCUT2D eigenvalue weighted by Gasteiger charge is -2.34. The zero-order chi connectivity index (χ0) is 20.1. The molecule has 0 bridgehead atoms. The molecule has 0 aromatic carbocycles. The summed E-state index contributed by atoms with van der Waals surface area (Å²) in [6.07, 6.45) is 4.40. The first-order valence-electron chi connectivity index (χ1n) is 9.50. The van der Waals surface area contributed by atoms with Crippen LogP contribution in [0.1, 0.15) is 40.2 Å². The molecule has 2 amide bonds. The van der Waals surface area contributed by atoms with E-state index in [4.69, 9.17) is 9.68 Å². The van der Waals surface area contributed by atoms with Crippen LogP contribution in [-0.2, 0) is 17.8 Å². The summed E-state index contributed by atoms with van der Waals surface area (Å²) in [4.78, 5) is 28.5. The molecule has 3 heterocycles. The van der Waals surface area contributed by atoms with E-state index in [2.05, 4.69) is 11.2 Å². The fourth-order valence-corrected chi connectivity index (χ4v) is 3.59. The van der Waals surface area contributed by atoms with Crippen LogP contribution in [0.5, 0.6) is 0 Å². The van der Waals surface area contributed by atoms with E-state index >= 15 is 0 Å². The third kappa shape index (κ3) is 4.25. The van der Waals surface area contributed by atoms with E-state index in [9.17, 15) is 9.59 Å². The summed E-state index contributed by atoms with van der Waals surface area (Å²) in [6, 6.07) is 3.78. The zero-order valence-electron chi connectivity index (χ0n) is 16.3. The highest BCUT2D eigenvalue weighted by Crippen LogP contribution is 2.17. The maximum Gasteiger partial charge on any atom is 0.257 e. The molecule has 148 valence electrons. The molecule has 0 atom stereocenters. The Labute approximate surface area is 164 Å². The number of hydrogen-bond donors (Lipinski definition) is 0. The summed E-state index contributed by atoms with van der Waals surface area (Å²) in [5.41, 5.74) is 3.56. The number of aromatic nitrogens is 2. The largest absolute Gasteiger partial charge is 0.472 e. The summed E-state index contributed by atoms with van der Waals surface area (Å²) in [6.45, 7) is 6.64. The molecule has 2 aromatic rings. The Morgan fingerprint density at radius 3 is 2.57 bits per heavy atom. The molecule has 0 saturated carbocycles. The number of nitriles is 1. The molecule has 1 saturated heterocycles. The molecule has 2 aromatic heterocycles. The van der Waals surface area contributed by atoms with Gasteiger partial charge >= 0.3 is 0 Å². The Morgan fingerprint density at radius 1 is 1.21 bits per heavy atom. The van der Waals surface area contributed by atoms with E-state index < -0.39 is 0 Å². The molecule has 28 heavy (non-hydrogen) atoms. The Hall–Kier alpha value is -3.08. The maximum atomic E-state index is 12.6. The summed E-state index contributed by atoms with van der Waals surface area (Å²) in [5, 5.41) is 13.2. The summed E-state index contributed by atoms with van der Waals surface area (Å²) >= 11 is 0. The molecule has 0 radical (unpaired) electrons. The molecule has 8 nitrogen and oxygen atoms in total. The van der Waals surface area contributed by atoms with E-state index in [0.717, 1.165) is 17.0 Å². The monoisotopic (exact) mass is 383 g/mol. The number of carbonyl (C=O) groups excluding carboxylic acids is 2. The standard InChI is InChI=1S/C20H25N5O3/c1-15-18(16(2)25(22-15)8-3-7-21)4-5-19(26)23-9-11-24(12-10-23)20(27)17-6-13-28-14-17/h6,13-14H,3-5,8-12H2,1-2H3. The number of aryl methyl sites for hydroxylation is 2. The third-order valence-electron chi connectivity index (χ3n) is 5.24. The van der Waals surface area contributed by atoms with Crippen LogP contribution in [0.2, 0.25) is 0 Å². The van der Waals surface area contributed by atoms with Crippen LogP contribution < -0.4 is 0 Å². The van der Waals surface area contributed by atoms with Crippen molar-refractivity contribution in [2.45, 2.75) is 39.7 Å². The Kier molecular flexibility index (Phi) is 6.14. The molecular formula is C20H25N5O3. The van der Waals surface area contributed by atoms with Crippen molar-refractivity contribution in [1.82, 2.24) is 19.6 Å². The Balaban J connectivity index is 1.51. The minimum absolute atomic E-state index is 0.0584. The molecule has 0 aliphatic carbocycles. The first-order chi connectivity index (χ1) is 13.5. The second-order valence-electron chi connectivity index (χ2n) is 6.97. The lowest BCUT2D eigenvalue weighted by atomic mass is 10.1. The lowest BCUT2D eigenvalue weighted by molar-refractivity contribution is -0.132. The average molecular weight is 383 g/mol. The fraction of sp³-hybridized carbons (Fsp3) is 0.500. The number of hydrogen-bond acceptors (Lipinski definition) is 5. The van der Waals surface area contributed by atoms with Gasteiger partial charge in [0.1, 0.15) is 6.26 Å². The fourth-order valence-electron chi connectivity index (χ4n) is 3.59. The quantitative estimate of drug-likeness (QED) is 0.759. The number of carbonyl (C=O) groups is 2. The number of furan rings is 1. The van der Waals surface area contributed by atoms with E-state index in [1.54, 1.807) is 11.0 Å². The minimum Gasteiger partial charge on any atom is -0.472 e. The van der Waals surface area contributed by atoms with Gasteiger partial charge in [0, 0.05) is 38.3 Å². The van der Waals surface area contributed by atoms with E-state index in [-0.39, 0.29) is 11.8 Å². The van der Waals surface area contributed by atoms with Gasteiger partial charge in [0.05, 0.1) is 36.6 Å². The van der Waals surface area contributed by atoms with Gasteiger partial charge < -0.3 is 14.2 Å². The molecule has 1 aliphatic rings. The van der Waals surface area contributed by atoms with Crippen molar-refractivity contribution in [3.05, 3.63) is 41.1 Å². The highest BCUT2D eigenvalue weighted by Gasteiger charge is 2.25. The van der Waals surface area contributed by atoms with Crippen LogP contribution >= 0.6 is 0 Å².